The number of carbonyl (C=O) groups is 1. The van der Waals surface area contributed by atoms with Crippen LogP contribution in [-0.2, 0) is 11.3 Å². The van der Waals surface area contributed by atoms with Crippen LogP contribution in [0, 0.1) is 6.92 Å². The van der Waals surface area contributed by atoms with E-state index in [1.165, 1.54) is 6.20 Å². The molecule has 0 bridgehead atoms. The Hall–Kier alpha value is -1.07. The van der Waals surface area contributed by atoms with Crippen LogP contribution >= 0.6 is 11.6 Å². The maximum atomic E-state index is 10.4. The number of carboxylic acid groups (broad SMARTS) is 1. The van der Waals surface area contributed by atoms with Gasteiger partial charge in [-0.2, -0.15) is 5.10 Å². The van der Waals surface area contributed by atoms with Crippen molar-refractivity contribution in [1.29, 1.82) is 0 Å². The second-order valence-electron chi connectivity index (χ2n) is 3.03. The maximum Gasteiger partial charge on any atom is 0.320 e. The zero-order chi connectivity index (χ0) is 10.7. The minimum Gasteiger partial charge on any atom is -0.480 e. The fourth-order valence-electron chi connectivity index (χ4n) is 1.03. The van der Waals surface area contributed by atoms with Crippen LogP contribution < -0.4 is 5.73 Å². The Labute approximate surface area is 86.5 Å². The fourth-order valence-corrected chi connectivity index (χ4v) is 1.18. The summed E-state index contributed by atoms with van der Waals surface area (Å²) in [4.78, 5) is 10.4. The van der Waals surface area contributed by atoms with Crippen molar-refractivity contribution < 1.29 is 9.90 Å². The van der Waals surface area contributed by atoms with Crippen LogP contribution in [0.3, 0.4) is 0 Å². The Morgan fingerprint density at radius 3 is 2.93 bits per heavy atom. The second-order valence-corrected chi connectivity index (χ2v) is 3.44. The third kappa shape index (κ3) is 2.46. The van der Waals surface area contributed by atoms with Crippen LogP contribution in [0.15, 0.2) is 6.20 Å². The number of aliphatic carboxylic acids is 1. The largest absolute Gasteiger partial charge is 0.480 e. The molecule has 0 spiro atoms. The summed E-state index contributed by atoms with van der Waals surface area (Å²) in [7, 11) is 0. The number of nitrogens with zero attached hydrogens (tertiary/aromatic N) is 2. The standard InChI is InChI=1S/C8H12ClN3O2/c1-5-6(9)4-11-12(5)3-2-7(10)8(13)14/h4,7H,2-3,10H2,1H3,(H,13,14). The van der Waals surface area contributed by atoms with E-state index in [1.807, 2.05) is 6.92 Å². The van der Waals surface area contributed by atoms with E-state index in [1.54, 1.807) is 4.68 Å². The van der Waals surface area contributed by atoms with E-state index in [9.17, 15) is 4.79 Å². The van der Waals surface area contributed by atoms with Gasteiger partial charge in [-0.25, -0.2) is 0 Å². The number of carboxylic acids is 1. The highest BCUT2D eigenvalue weighted by Crippen LogP contribution is 2.13. The normalized spacial score (nSPS) is 12.8. The zero-order valence-corrected chi connectivity index (χ0v) is 8.53. The van der Waals surface area contributed by atoms with Gasteiger partial charge in [-0.05, 0) is 13.3 Å². The van der Waals surface area contributed by atoms with Gasteiger partial charge in [-0.1, -0.05) is 11.6 Å². The first-order chi connectivity index (χ1) is 6.52. The smallest absolute Gasteiger partial charge is 0.320 e. The van der Waals surface area contributed by atoms with Crippen molar-refractivity contribution >= 4 is 17.6 Å². The Bertz CT molecular complexity index is 337. The summed E-state index contributed by atoms with van der Waals surface area (Å²) < 4.78 is 1.64. The van der Waals surface area contributed by atoms with Gasteiger partial charge in [0.15, 0.2) is 0 Å². The summed E-state index contributed by atoms with van der Waals surface area (Å²) in [6.45, 7) is 2.29. The molecule has 0 aromatic carbocycles. The van der Waals surface area contributed by atoms with Gasteiger partial charge in [-0.3, -0.25) is 9.48 Å². The highest BCUT2D eigenvalue weighted by Gasteiger charge is 2.12. The number of hydrogen-bond donors (Lipinski definition) is 2. The first-order valence-corrected chi connectivity index (χ1v) is 4.56. The Kier molecular flexibility index (Phi) is 3.49. The van der Waals surface area contributed by atoms with Crippen LogP contribution in [0.5, 0.6) is 0 Å². The molecule has 1 rings (SSSR count). The second kappa shape index (κ2) is 4.43. The summed E-state index contributed by atoms with van der Waals surface area (Å²) in [6, 6.07) is -0.850. The number of aromatic nitrogens is 2. The molecular formula is C8H12ClN3O2. The molecule has 3 N–H and O–H groups in total. The quantitative estimate of drug-likeness (QED) is 0.776. The first kappa shape index (κ1) is 11.0. The third-order valence-corrected chi connectivity index (χ3v) is 2.38. The highest BCUT2D eigenvalue weighted by molar-refractivity contribution is 6.31. The Morgan fingerprint density at radius 2 is 2.50 bits per heavy atom. The predicted octanol–water partition coefficient (Wildman–Crippen LogP) is 0.647. The van der Waals surface area contributed by atoms with Gasteiger partial charge in [0.05, 0.1) is 16.9 Å². The van der Waals surface area contributed by atoms with E-state index >= 15 is 0 Å². The van der Waals surface area contributed by atoms with Crippen molar-refractivity contribution in [2.45, 2.75) is 25.9 Å². The molecule has 1 atom stereocenters. The lowest BCUT2D eigenvalue weighted by Crippen LogP contribution is -2.31. The summed E-state index contributed by atoms with van der Waals surface area (Å²) in [5, 5.41) is 13.1. The van der Waals surface area contributed by atoms with Gasteiger partial charge in [0, 0.05) is 6.54 Å². The molecule has 1 aromatic rings. The predicted molar refractivity (Wildman–Crippen MR) is 52.2 cm³/mol. The average Bonchev–Trinajstić information content (AvgIpc) is 2.44. The van der Waals surface area contributed by atoms with Gasteiger partial charge in [-0.15, -0.1) is 0 Å². The molecule has 14 heavy (non-hydrogen) atoms. The number of hydrogen-bond acceptors (Lipinski definition) is 3. The molecule has 0 radical (unpaired) electrons. The molecular weight excluding hydrogens is 206 g/mol. The van der Waals surface area contributed by atoms with Crippen molar-refractivity contribution in [2.75, 3.05) is 0 Å². The topological polar surface area (TPSA) is 81.1 Å². The minimum atomic E-state index is -0.999. The average molecular weight is 218 g/mol. The SMILES string of the molecule is Cc1c(Cl)cnn1CCC(N)C(=O)O. The molecule has 5 nitrogen and oxygen atoms in total. The van der Waals surface area contributed by atoms with Crippen LogP contribution in [0.25, 0.3) is 0 Å². The number of rotatable bonds is 4. The van der Waals surface area contributed by atoms with E-state index < -0.39 is 12.0 Å². The summed E-state index contributed by atoms with van der Waals surface area (Å²) >= 11 is 5.78. The zero-order valence-electron chi connectivity index (χ0n) is 7.77. The van der Waals surface area contributed by atoms with E-state index in [0.717, 1.165) is 5.69 Å². The lowest BCUT2D eigenvalue weighted by atomic mass is 10.2. The molecule has 6 heteroatoms. The molecule has 0 fully saturated rings. The minimum absolute atomic E-state index is 0.341. The van der Waals surface area contributed by atoms with E-state index in [2.05, 4.69) is 5.10 Å². The summed E-state index contributed by atoms with van der Waals surface area (Å²) in [6.07, 6.45) is 1.87. The molecule has 0 saturated carbocycles. The van der Waals surface area contributed by atoms with Gasteiger partial charge >= 0.3 is 5.97 Å². The van der Waals surface area contributed by atoms with E-state index in [-0.39, 0.29) is 0 Å². The van der Waals surface area contributed by atoms with Crippen molar-refractivity contribution in [1.82, 2.24) is 9.78 Å². The van der Waals surface area contributed by atoms with Crippen molar-refractivity contribution in [3.05, 3.63) is 16.9 Å². The molecule has 1 aromatic heterocycles. The third-order valence-electron chi connectivity index (χ3n) is 2.01. The van der Waals surface area contributed by atoms with E-state index in [4.69, 9.17) is 22.4 Å². The summed E-state index contributed by atoms with van der Waals surface area (Å²) in [5.74, 6) is -0.999. The number of halogens is 1. The fraction of sp³-hybridized carbons (Fsp3) is 0.500. The van der Waals surface area contributed by atoms with Crippen molar-refractivity contribution in [3.8, 4) is 0 Å². The Morgan fingerprint density at radius 1 is 1.86 bits per heavy atom. The van der Waals surface area contributed by atoms with Gasteiger partial charge in [0.1, 0.15) is 6.04 Å². The maximum absolute atomic E-state index is 10.4. The van der Waals surface area contributed by atoms with Crippen LogP contribution in [-0.4, -0.2) is 26.9 Å². The van der Waals surface area contributed by atoms with Crippen LogP contribution in [0.4, 0.5) is 0 Å². The molecule has 0 aliphatic heterocycles. The molecule has 0 aliphatic carbocycles. The molecule has 0 saturated heterocycles. The van der Waals surface area contributed by atoms with Crippen LogP contribution in [0.2, 0.25) is 5.02 Å². The number of aryl methyl sites for hydroxylation is 1. The molecule has 0 aliphatic rings. The highest BCUT2D eigenvalue weighted by atomic mass is 35.5. The van der Waals surface area contributed by atoms with Gasteiger partial charge < -0.3 is 10.8 Å². The lowest BCUT2D eigenvalue weighted by molar-refractivity contribution is -0.138. The first-order valence-electron chi connectivity index (χ1n) is 4.18. The van der Waals surface area contributed by atoms with Crippen LogP contribution in [0.1, 0.15) is 12.1 Å². The van der Waals surface area contributed by atoms with Crippen molar-refractivity contribution in [3.63, 3.8) is 0 Å². The molecule has 0 amide bonds. The molecule has 78 valence electrons. The summed E-state index contributed by atoms with van der Waals surface area (Å²) in [5.41, 5.74) is 6.17. The molecule has 1 heterocycles. The lowest BCUT2D eigenvalue weighted by Gasteiger charge is -2.07. The van der Waals surface area contributed by atoms with Gasteiger partial charge in [0.25, 0.3) is 0 Å². The number of nitrogens with two attached hydrogens (primary N) is 1. The van der Waals surface area contributed by atoms with Gasteiger partial charge in [0.2, 0.25) is 0 Å². The van der Waals surface area contributed by atoms with Crippen molar-refractivity contribution in [2.24, 2.45) is 5.73 Å². The monoisotopic (exact) mass is 217 g/mol. The van der Waals surface area contributed by atoms with E-state index in [0.29, 0.717) is 18.0 Å². The molecule has 1 unspecified atom stereocenters. The Balaban J connectivity index is 2.54.